The summed E-state index contributed by atoms with van der Waals surface area (Å²) in [4.78, 5) is 16.7. The van der Waals surface area contributed by atoms with Crippen LogP contribution in [0.1, 0.15) is 17.3 Å². The molecular formula is C19H17ClN2O3. The number of carbonyl (C=O) groups is 1. The molecule has 0 amide bonds. The molecule has 128 valence electrons. The van der Waals surface area contributed by atoms with E-state index < -0.39 is 5.97 Å². The Morgan fingerprint density at radius 3 is 2.76 bits per heavy atom. The number of aromatic nitrogens is 1. The van der Waals surface area contributed by atoms with Crippen molar-refractivity contribution in [3.05, 3.63) is 59.2 Å². The highest BCUT2D eigenvalue weighted by atomic mass is 35.5. The molecule has 0 saturated carbocycles. The van der Waals surface area contributed by atoms with Crippen LogP contribution in [0.3, 0.4) is 0 Å². The molecule has 0 aliphatic rings. The molecule has 0 atom stereocenters. The minimum Gasteiger partial charge on any atom is -0.494 e. The second kappa shape index (κ2) is 7.40. The number of anilines is 2. The quantitative estimate of drug-likeness (QED) is 0.664. The van der Waals surface area contributed by atoms with Gasteiger partial charge in [0.1, 0.15) is 16.8 Å². The number of pyridine rings is 1. The first-order valence-corrected chi connectivity index (χ1v) is 8.17. The van der Waals surface area contributed by atoms with Crippen molar-refractivity contribution in [2.45, 2.75) is 6.92 Å². The van der Waals surface area contributed by atoms with Crippen LogP contribution < -0.4 is 10.1 Å². The molecule has 5 nitrogen and oxygen atoms in total. The number of halogens is 1. The number of esters is 1. The summed E-state index contributed by atoms with van der Waals surface area (Å²) >= 11 is 6.07. The maximum atomic E-state index is 12.4. The van der Waals surface area contributed by atoms with Crippen molar-refractivity contribution in [2.75, 3.05) is 19.0 Å². The third-order valence-electron chi connectivity index (χ3n) is 3.67. The van der Waals surface area contributed by atoms with Crippen molar-refractivity contribution in [3.63, 3.8) is 0 Å². The predicted molar refractivity (Wildman–Crippen MR) is 99.0 cm³/mol. The van der Waals surface area contributed by atoms with Crippen LogP contribution in [0, 0.1) is 0 Å². The minimum atomic E-state index is -0.441. The Kier molecular flexibility index (Phi) is 5.05. The predicted octanol–water partition coefficient (Wildman–Crippen LogP) is 4.82. The van der Waals surface area contributed by atoms with E-state index >= 15 is 0 Å². The number of para-hydroxylation sites is 1. The summed E-state index contributed by atoms with van der Waals surface area (Å²) in [5.41, 5.74) is 2.36. The fourth-order valence-electron chi connectivity index (χ4n) is 2.57. The Morgan fingerprint density at radius 1 is 1.24 bits per heavy atom. The topological polar surface area (TPSA) is 60.5 Å². The molecule has 0 unspecified atom stereocenters. The van der Waals surface area contributed by atoms with E-state index in [2.05, 4.69) is 10.3 Å². The van der Waals surface area contributed by atoms with E-state index in [1.54, 1.807) is 26.2 Å². The Balaban J connectivity index is 2.20. The summed E-state index contributed by atoms with van der Waals surface area (Å²) in [6.07, 6.45) is 1.50. The molecule has 25 heavy (non-hydrogen) atoms. The lowest BCUT2D eigenvalue weighted by Crippen LogP contribution is -2.09. The first kappa shape index (κ1) is 17.0. The van der Waals surface area contributed by atoms with E-state index in [9.17, 15) is 4.79 Å². The minimum absolute atomic E-state index is 0.283. The summed E-state index contributed by atoms with van der Waals surface area (Å²) < 4.78 is 10.5. The van der Waals surface area contributed by atoms with Gasteiger partial charge in [-0.15, -0.1) is 0 Å². The van der Waals surface area contributed by atoms with E-state index in [4.69, 9.17) is 21.1 Å². The summed E-state index contributed by atoms with van der Waals surface area (Å²) in [6, 6.07) is 12.8. The number of carbonyl (C=O) groups excluding carboxylic acids is 1. The average molecular weight is 357 g/mol. The SMILES string of the molecule is CCOC(=O)c1cnc2c(OC)cccc2c1Nc1cccc(Cl)c1. The van der Waals surface area contributed by atoms with Gasteiger partial charge < -0.3 is 14.8 Å². The van der Waals surface area contributed by atoms with Crippen LogP contribution in [0.15, 0.2) is 48.7 Å². The van der Waals surface area contributed by atoms with Gasteiger partial charge in [0.05, 0.1) is 19.4 Å². The van der Waals surface area contributed by atoms with Crippen LogP contribution in [-0.4, -0.2) is 24.7 Å². The van der Waals surface area contributed by atoms with Gasteiger partial charge in [0.15, 0.2) is 0 Å². The van der Waals surface area contributed by atoms with Gasteiger partial charge in [-0.1, -0.05) is 29.8 Å². The van der Waals surface area contributed by atoms with Crippen molar-refractivity contribution in [2.24, 2.45) is 0 Å². The van der Waals surface area contributed by atoms with E-state index in [0.717, 1.165) is 11.1 Å². The van der Waals surface area contributed by atoms with Crippen LogP contribution in [0.25, 0.3) is 10.9 Å². The standard InChI is InChI=1S/C19H17ClN2O3/c1-3-25-19(23)15-11-21-18-14(8-5-9-16(18)24-2)17(15)22-13-7-4-6-12(20)10-13/h4-11H,3H2,1-2H3,(H,21,22). The molecule has 3 rings (SSSR count). The van der Waals surface area contributed by atoms with E-state index in [1.807, 2.05) is 30.3 Å². The first-order valence-electron chi connectivity index (χ1n) is 7.79. The third-order valence-corrected chi connectivity index (χ3v) is 3.90. The largest absolute Gasteiger partial charge is 0.494 e. The molecule has 0 aliphatic heterocycles. The monoisotopic (exact) mass is 356 g/mol. The summed E-state index contributed by atoms with van der Waals surface area (Å²) in [7, 11) is 1.58. The van der Waals surface area contributed by atoms with Crippen LogP contribution in [0.2, 0.25) is 5.02 Å². The molecule has 2 aromatic carbocycles. The zero-order chi connectivity index (χ0) is 17.8. The Labute approximate surface area is 150 Å². The highest BCUT2D eigenvalue weighted by Gasteiger charge is 2.18. The number of fused-ring (bicyclic) bond motifs is 1. The number of ether oxygens (including phenoxy) is 2. The molecule has 1 heterocycles. The average Bonchev–Trinajstić information content (AvgIpc) is 2.61. The van der Waals surface area contributed by atoms with Crippen molar-refractivity contribution < 1.29 is 14.3 Å². The van der Waals surface area contributed by atoms with Gasteiger partial charge in [0.25, 0.3) is 0 Å². The molecule has 1 aromatic heterocycles. The van der Waals surface area contributed by atoms with Crippen molar-refractivity contribution in [3.8, 4) is 5.75 Å². The number of methoxy groups -OCH3 is 1. The van der Waals surface area contributed by atoms with Gasteiger partial charge in [-0.3, -0.25) is 4.98 Å². The van der Waals surface area contributed by atoms with Crippen molar-refractivity contribution >= 4 is 39.8 Å². The fraction of sp³-hybridized carbons (Fsp3) is 0.158. The van der Waals surface area contributed by atoms with Crippen LogP contribution in [0.5, 0.6) is 5.75 Å². The van der Waals surface area contributed by atoms with E-state index in [1.165, 1.54) is 6.20 Å². The molecule has 1 N–H and O–H groups in total. The number of rotatable bonds is 5. The number of hydrogen-bond donors (Lipinski definition) is 1. The highest BCUT2D eigenvalue weighted by Crippen LogP contribution is 2.34. The highest BCUT2D eigenvalue weighted by molar-refractivity contribution is 6.30. The molecule has 0 aliphatic carbocycles. The maximum absolute atomic E-state index is 12.4. The Morgan fingerprint density at radius 2 is 2.04 bits per heavy atom. The molecule has 0 fully saturated rings. The molecule has 0 spiro atoms. The van der Waals surface area contributed by atoms with Crippen LogP contribution >= 0.6 is 11.6 Å². The number of hydrogen-bond acceptors (Lipinski definition) is 5. The number of nitrogens with one attached hydrogen (secondary N) is 1. The maximum Gasteiger partial charge on any atom is 0.341 e. The molecule has 6 heteroatoms. The van der Waals surface area contributed by atoms with Crippen LogP contribution in [-0.2, 0) is 4.74 Å². The van der Waals surface area contributed by atoms with Gasteiger partial charge in [0, 0.05) is 22.3 Å². The second-order valence-corrected chi connectivity index (χ2v) is 5.70. The normalized spacial score (nSPS) is 10.5. The van der Waals surface area contributed by atoms with Gasteiger partial charge in [0.2, 0.25) is 0 Å². The summed E-state index contributed by atoms with van der Waals surface area (Å²) in [5.74, 6) is 0.186. The number of benzene rings is 2. The first-order chi connectivity index (χ1) is 12.1. The fourth-order valence-corrected chi connectivity index (χ4v) is 2.76. The van der Waals surface area contributed by atoms with E-state index in [0.29, 0.717) is 27.5 Å². The third kappa shape index (κ3) is 3.51. The molecule has 0 bridgehead atoms. The molecule has 3 aromatic rings. The summed E-state index contributed by atoms with van der Waals surface area (Å²) in [5, 5.41) is 4.62. The molecule has 0 radical (unpaired) electrons. The lowest BCUT2D eigenvalue weighted by molar-refractivity contribution is 0.0527. The zero-order valence-electron chi connectivity index (χ0n) is 13.9. The van der Waals surface area contributed by atoms with E-state index in [-0.39, 0.29) is 6.61 Å². The lowest BCUT2D eigenvalue weighted by atomic mass is 10.1. The van der Waals surface area contributed by atoms with Crippen LogP contribution in [0.4, 0.5) is 11.4 Å². The number of nitrogens with zero attached hydrogens (tertiary/aromatic N) is 1. The van der Waals surface area contributed by atoms with Gasteiger partial charge in [-0.2, -0.15) is 0 Å². The summed E-state index contributed by atoms with van der Waals surface area (Å²) in [6.45, 7) is 2.05. The molecular weight excluding hydrogens is 340 g/mol. The van der Waals surface area contributed by atoms with Gasteiger partial charge in [-0.25, -0.2) is 4.79 Å². The van der Waals surface area contributed by atoms with Crippen molar-refractivity contribution in [1.82, 2.24) is 4.98 Å². The lowest BCUT2D eigenvalue weighted by Gasteiger charge is -2.15. The Bertz CT molecular complexity index is 928. The smallest absolute Gasteiger partial charge is 0.341 e. The van der Waals surface area contributed by atoms with Gasteiger partial charge in [-0.05, 0) is 31.2 Å². The second-order valence-electron chi connectivity index (χ2n) is 5.26. The molecule has 0 saturated heterocycles. The Hall–Kier alpha value is -2.79. The van der Waals surface area contributed by atoms with Crippen molar-refractivity contribution in [1.29, 1.82) is 0 Å². The van der Waals surface area contributed by atoms with Gasteiger partial charge >= 0.3 is 5.97 Å². The zero-order valence-corrected chi connectivity index (χ0v) is 14.6.